The Morgan fingerprint density at radius 3 is 2.94 bits per heavy atom. The van der Waals surface area contributed by atoms with Gasteiger partial charge in [-0.15, -0.1) is 0 Å². The number of aliphatic hydroxyl groups excluding tert-OH is 1. The van der Waals surface area contributed by atoms with Crippen LogP contribution < -0.4 is 0 Å². The first-order valence-corrected chi connectivity index (χ1v) is 6.05. The predicted octanol–water partition coefficient (Wildman–Crippen LogP) is 1.40. The molecule has 1 N–H and O–H groups in total. The van der Waals surface area contributed by atoms with E-state index in [9.17, 15) is 9.90 Å². The van der Waals surface area contributed by atoms with Crippen LogP contribution in [0.2, 0.25) is 0 Å². The highest BCUT2D eigenvalue weighted by atomic mass is 16.3. The third-order valence-electron chi connectivity index (χ3n) is 3.21. The monoisotopic (exact) mass is 244 g/mol. The number of nitrogens with zero attached hydrogens (tertiary/aromatic N) is 2. The smallest absolute Gasteiger partial charge is 0.253 e. The van der Waals surface area contributed by atoms with Crippen LogP contribution in [0.5, 0.6) is 0 Å². The zero-order valence-corrected chi connectivity index (χ0v) is 10.3. The van der Waals surface area contributed by atoms with Gasteiger partial charge >= 0.3 is 0 Å². The van der Waals surface area contributed by atoms with Crippen molar-refractivity contribution in [1.29, 1.82) is 5.26 Å². The van der Waals surface area contributed by atoms with Gasteiger partial charge in [0.15, 0.2) is 0 Å². The van der Waals surface area contributed by atoms with Crippen molar-refractivity contribution in [3.05, 3.63) is 35.4 Å². The van der Waals surface area contributed by atoms with Gasteiger partial charge in [-0.25, -0.2) is 0 Å². The molecule has 2 rings (SSSR count). The maximum absolute atomic E-state index is 12.1. The summed E-state index contributed by atoms with van der Waals surface area (Å²) in [4.78, 5) is 13.6. The molecule has 1 aliphatic carbocycles. The molecule has 0 heterocycles. The third kappa shape index (κ3) is 2.88. The van der Waals surface area contributed by atoms with Crippen molar-refractivity contribution in [3.63, 3.8) is 0 Å². The van der Waals surface area contributed by atoms with Gasteiger partial charge in [0.25, 0.3) is 5.91 Å². The lowest BCUT2D eigenvalue weighted by molar-refractivity contribution is 0.0645. The van der Waals surface area contributed by atoms with Crippen molar-refractivity contribution in [1.82, 2.24) is 4.90 Å². The highest BCUT2D eigenvalue weighted by Crippen LogP contribution is 2.32. The number of carbonyl (C=O) groups excluding carboxylic acids is 1. The van der Waals surface area contributed by atoms with Crippen molar-refractivity contribution >= 4 is 5.91 Å². The molecular formula is C14H16N2O2. The minimum absolute atomic E-state index is 0.160. The number of likely N-dealkylation sites (N-methyl/N-ethyl adjacent to an activating group) is 1. The Labute approximate surface area is 106 Å². The lowest BCUT2D eigenvalue weighted by Gasteiger charge is -2.20. The fourth-order valence-corrected chi connectivity index (χ4v) is 1.94. The Balaban J connectivity index is 2.02. The van der Waals surface area contributed by atoms with E-state index in [0.717, 1.165) is 12.8 Å². The Hall–Kier alpha value is -1.86. The second-order valence-electron chi connectivity index (χ2n) is 4.78. The molecule has 0 spiro atoms. The van der Waals surface area contributed by atoms with Crippen LogP contribution >= 0.6 is 0 Å². The zero-order valence-electron chi connectivity index (χ0n) is 10.3. The number of aliphatic hydroxyl groups is 1. The molecule has 1 atom stereocenters. The summed E-state index contributed by atoms with van der Waals surface area (Å²) in [7, 11) is 1.67. The molecule has 1 saturated carbocycles. The molecule has 1 aromatic carbocycles. The van der Waals surface area contributed by atoms with Crippen LogP contribution in [0, 0.1) is 17.2 Å². The van der Waals surface area contributed by atoms with Gasteiger partial charge in [-0.1, -0.05) is 6.07 Å². The van der Waals surface area contributed by atoms with Crippen molar-refractivity contribution < 1.29 is 9.90 Å². The summed E-state index contributed by atoms with van der Waals surface area (Å²) in [5.41, 5.74) is 0.955. The van der Waals surface area contributed by atoms with Gasteiger partial charge < -0.3 is 10.0 Å². The molecule has 0 aromatic heterocycles. The van der Waals surface area contributed by atoms with Gasteiger partial charge in [0.1, 0.15) is 0 Å². The first-order valence-electron chi connectivity index (χ1n) is 6.05. The summed E-state index contributed by atoms with van der Waals surface area (Å²) in [6.07, 6.45) is 1.67. The molecule has 0 bridgehead atoms. The van der Waals surface area contributed by atoms with Crippen LogP contribution in [0.1, 0.15) is 28.8 Å². The van der Waals surface area contributed by atoms with E-state index < -0.39 is 6.10 Å². The molecule has 0 radical (unpaired) electrons. The zero-order chi connectivity index (χ0) is 13.1. The van der Waals surface area contributed by atoms with E-state index in [4.69, 9.17) is 5.26 Å². The molecule has 4 heteroatoms. The number of nitriles is 1. The van der Waals surface area contributed by atoms with E-state index in [1.807, 2.05) is 6.07 Å². The molecule has 1 aromatic rings. The van der Waals surface area contributed by atoms with Crippen LogP contribution in [0.15, 0.2) is 24.3 Å². The highest BCUT2D eigenvalue weighted by Gasteiger charge is 2.31. The van der Waals surface area contributed by atoms with Crippen molar-refractivity contribution in [2.45, 2.75) is 18.9 Å². The number of rotatable bonds is 4. The average molecular weight is 244 g/mol. The summed E-state index contributed by atoms with van der Waals surface area (Å²) >= 11 is 0. The molecule has 1 amide bonds. The van der Waals surface area contributed by atoms with Crippen molar-refractivity contribution in [3.8, 4) is 6.07 Å². The Morgan fingerprint density at radius 2 is 2.33 bits per heavy atom. The number of benzene rings is 1. The van der Waals surface area contributed by atoms with Gasteiger partial charge in [-0.3, -0.25) is 4.79 Å². The molecule has 94 valence electrons. The molecule has 1 fully saturated rings. The summed E-state index contributed by atoms with van der Waals surface area (Å²) in [5, 5.41) is 18.6. The molecule has 1 aliphatic rings. The standard InChI is InChI=1S/C14H16N2O2/c1-16(9-13(17)11-5-6-11)14(18)12-4-2-3-10(7-12)8-15/h2-4,7,11,13,17H,5-6,9H2,1H3. The normalized spacial score (nSPS) is 15.8. The minimum atomic E-state index is -0.432. The van der Waals surface area contributed by atoms with Crippen LogP contribution in [-0.4, -0.2) is 35.6 Å². The third-order valence-corrected chi connectivity index (χ3v) is 3.21. The topological polar surface area (TPSA) is 64.3 Å². The molecule has 0 aliphatic heterocycles. The first kappa shape index (κ1) is 12.6. The predicted molar refractivity (Wildman–Crippen MR) is 66.8 cm³/mol. The lowest BCUT2D eigenvalue weighted by atomic mass is 10.1. The number of carbonyl (C=O) groups is 1. The minimum Gasteiger partial charge on any atom is -0.391 e. The molecular weight excluding hydrogens is 228 g/mol. The summed E-state index contributed by atoms with van der Waals surface area (Å²) in [6.45, 7) is 0.348. The quantitative estimate of drug-likeness (QED) is 0.870. The summed E-state index contributed by atoms with van der Waals surface area (Å²) < 4.78 is 0. The second kappa shape index (κ2) is 5.19. The van der Waals surface area contributed by atoms with Crippen LogP contribution in [0.4, 0.5) is 0 Å². The summed E-state index contributed by atoms with van der Waals surface area (Å²) in [5.74, 6) is 0.192. The van der Waals surface area contributed by atoms with Crippen LogP contribution in [-0.2, 0) is 0 Å². The van der Waals surface area contributed by atoms with E-state index in [1.54, 1.807) is 31.3 Å². The second-order valence-corrected chi connectivity index (χ2v) is 4.78. The van der Waals surface area contributed by atoms with Gasteiger partial charge in [0.05, 0.1) is 17.7 Å². The molecule has 0 saturated heterocycles. The average Bonchev–Trinajstić information content (AvgIpc) is 3.22. The van der Waals surface area contributed by atoms with Gasteiger partial charge in [0.2, 0.25) is 0 Å². The van der Waals surface area contributed by atoms with Crippen molar-refractivity contribution in [2.24, 2.45) is 5.92 Å². The Morgan fingerprint density at radius 1 is 1.61 bits per heavy atom. The summed E-state index contributed by atoms with van der Waals surface area (Å²) in [6, 6.07) is 8.62. The Kier molecular flexibility index (Phi) is 3.63. The number of amides is 1. The van der Waals surface area contributed by atoms with E-state index in [1.165, 1.54) is 4.90 Å². The van der Waals surface area contributed by atoms with Crippen LogP contribution in [0.25, 0.3) is 0 Å². The maximum atomic E-state index is 12.1. The largest absolute Gasteiger partial charge is 0.391 e. The number of hydrogen-bond donors (Lipinski definition) is 1. The highest BCUT2D eigenvalue weighted by molar-refractivity contribution is 5.94. The molecule has 1 unspecified atom stereocenters. The van der Waals surface area contributed by atoms with Gasteiger partial charge in [-0.2, -0.15) is 5.26 Å². The fourth-order valence-electron chi connectivity index (χ4n) is 1.94. The lowest BCUT2D eigenvalue weighted by Crippen LogP contribution is -2.35. The van der Waals surface area contributed by atoms with E-state index in [-0.39, 0.29) is 5.91 Å². The van der Waals surface area contributed by atoms with Gasteiger partial charge in [-0.05, 0) is 37.0 Å². The van der Waals surface area contributed by atoms with E-state index >= 15 is 0 Å². The maximum Gasteiger partial charge on any atom is 0.253 e. The van der Waals surface area contributed by atoms with Crippen LogP contribution in [0.3, 0.4) is 0 Å². The van der Waals surface area contributed by atoms with E-state index in [0.29, 0.717) is 23.6 Å². The fraction of sp³-hybridized carbons (Fsp3) is 0.429. The molecule has 4 nitrogen and oxygen atoms in total. The van der Waals surface area contributed by atoms with Gasteiger partial charge in [0, 0.05) is 19.2 Å². The Bertz CT molecular complexity index is 489. The van der Waals surface area contributed by atoms with E-state index in [2.05, 4.69) is 0 Å². The SMILES string of the molecule is CN(CC(O)C1CC1)C(=O)c1cccc(C#N)c1. The van der Waals surface area contributed by atoms with Crippen molar-refractivity contribution in [2.75, 3.05) is 13.6 Å². The first-order chi connectivity index (χ1) is 8.61. The number of hydrogen-bond acceptors (Lipinski definition) is 3. The molecule has 18 heavy (non-hydrogen) atoms.